The highest BCUT2D eigenvalue weighted by Crippen LogP contribution is 2.32. The van der Waals surface area contributed by atoms with Crippen molar-refractivity contribution in [2.75, 3.05) is 25.1 Å². The molecule has 0 aromatic heterocycles. The number of fused-ring (bicyclic) bond motifs is 1. The zero-order chi connectivity index (χ0) is 18.6. The molecule has 0 saturated carbocycles. The van der Waals surface area contributed by atoms with Gasteiger partial charge in [0, 0.05) is 30.3 Å². The fourth-order valence-electron chi connectivity index (χ4n) is 2.52. The van der Waals surface area contributed by atoms with Gasteiger partial charge < -0.3 is 14.8 Å². The van der Waals surface area contributed by atoms with E-state index in [1.165, 1.54) is 18.2 Å². The van der Waals surface area contributed by atoms with Gasteiger partial charge in [-0.15, -0.1) is 0 Å². The van der Waals surface area contributed by atoms with Crippen LogP contribution < -0.4 is 19.5 Å². The van der Waals surface area contributed by atoms with Crippen molar-refractivity contribution in [2.24, 2.45) is 0 Å². The minimum atomic E-state index is -3.62. The van der Waals surface area contributed by atoms with Crippen molar-refractivity contribution in [3.05, 3.63) is 48.0 Å². The quantitative estimate of drug-likeness (QED) is 0.836. The fraction of sp³-hybridized carbons (Fsp3) is 0.278. The van der Waals surface area contributed by atoms with Gasteiger partial charge in [0.05, 0.1) is 18.1 Å². The highest BCUT2D eigenvalue weighted by atomic mass is 32.2. The van der Waals surface area contributed by atoms with Crippen LogP contribution in [-0.2, 0) is 10.0 Å². The van der Waals surface area contributed by atoms with Crippen molar-refractivity contribution in [3.8, 4) is 11.5 Å². The Hall–Kier alpha value is -2.58. The molecule has 0 saturated heterocycles. The Morgan fingerprint density at radius 3 is 2.62 bits per heavy atom. The summed E-state index contributed by atoms with van der Waals surface area (Å²) in [7, 11) is -3.62. The first-order valence-corrected chi connectivity index (χ1v) is 9.78. The summed E-state index contributed by atoms with van der Waals surface area (Å²) in [5, 5.41) is 2.75. The fourth-order valence-corrected chi connectivity index (χ4v) is 3.61. The lowest BCUT2D eigenvalue weighted by atomic mass is 10.2. The molecule has 1 aliphatic heterocycles. The number of carbonyl (C=O) groups excluding carboxylic acids is 1. The second-order valence-corrected chi connectivity index (χ2v) is 7.46. The number of benzene rings is 2. The lowest BCUT2D eigenvalue weighted by Gasteiger charge is -2.11. The van der Waals surface area contributed by atoms with Crippen LogP contribution >= 0.6 is 0 Å². The Morgan fingerprint density at radius 1 is 1.08 bits per heavy atom. The second-order valence-electron chi connectivity index (χ2n) is 5.70. The maximum Gasteiger partial charge on any atom is 0.255 e. The number of hydrogen-bond acceptors (Lipinski definition) is 5. The van der Waals surface area contributed by atoms with Gasteiger partial charge in [-0.2, -0.15) is 0 Å². The molecular weight excluding hydrogens is 356 g/mol. The minimum absolute atomic E-state index is 0.0469. The molecule has 0 fully saturated rings. The summed E-state index contributed by atoms with van der Waals surface area (Å²) in [6, 6.07) is 11.0. The summed E-state index contributed by atoms with van der Waals surface area (Å²) in [5.74, 6) is 0.802. The minimum Gasteiger partial charge on any atom is -0.490 e. The molecule has 26 heavy (non-hydrogen) atoms. The maximum atomic E-state index is 12.5. The molecule has 0 radical (unpaired) electrons. The van der Waals surface area contributed by atoms with Gasteiger partial charge in [0.15, 0.2) is 11.5 Å². The van der Waals surface area contributed by atoms with E-state index >= 15 is 0 Å². The molecule has 1 amide bonds. The van der Waals surface area contributed by atoms with Crippen molar-refractivity contribution in [2.45, 2.75) is 18.2 Å². The summed E-state index contributed by atoms with van der Waals surface area (Å²) in [4.78, 5) is 12.5. The Kier molecular flexibility index (Phi) is 5.43. The van der Waals surface area contributed by atoms with Crippen LogP contribution in [0.4, 0.5) is 5.69 Å². The third kappa shape index (κ3) is 4.14. The Labute approximate surface area is 152 Å². The van der Waals surface area contributed by atoms with Gasteiger partial charge in [0.25, 0.3) is 5.91 Å². The Balaban J connectivity index is 1.79. The summed E-state index contributed by atoms with van der Waals surface area (Å²) < 4.78 is 37.7. The monoisotopic (exact) mass is 376 g/mol. The van der Waals surface area contributed by atoms with E-state index < -0.39 is 15.9 Å². The van der Waals surface area contributed by atoms with Crippen LogP contribution in [0.2, 0.25) is 0 Å². The summed E-state index contributed by atoms with van der Waals surface area (Å²) >= 11 is 0. The molecule has 1 aliphatic rings. The van der Waals surface area contributed by atoms with E-state index in [4.69, 9.17) is 9.47 Å². The molecule has 0 aliphatic carbocycles. The van der Waals surface area contributed by atoms with Crippen LogP contribution in [0.5, 0.6) is 11.5 Å². The first-order chi connectivity index (χ1) is 12.5. The van der Waals surface area contributed by atoms with Crippen LogP contribution in [0.25, 0.3) is 0 Å². The van der Waals surface area contributed by atoms with Gasteiger partial charge in [0.2, 0.25) is 10.0 Å². The number of nitrogens with one attached hydrogen (secondary N) is 2. The zero-order valence-electron chi connectivity index (χ0n) is 14.3. The van der Waals surface area contributed by atoms with E-state index in [0.717, 1.165) is 6.42 Å². The van der Waals surface area contributed by atoms with Gasteiger partial charge in [-0.05, 0) is 30.3 Å². The van der Waals surface area contributed by atoms with E-state index in [0.29, 0.717) is 30.4 Å². The highest BCUT2D eigenvalue weighted by Gasteiger charge is 2.16. The molecule has 1 heterocycles. The van der Waals surface area contributed by atoms with E-state index in [1.807, 2.05) is 0 Å². The third-order valence-electron chi connectivity index (χ3n) is 3.75. The standard InChI is InChI=1S/C18H20N2O5S/c1-2-19-26(22,23)15-6-3-5-13(11-15)18(21)20-14-7-8-16-17(12-14)25-10-4-9-24-16/h3,5-8,11-12,19H,2,4,9-10H2,1H3,(H,20,21). The highest BCUT2D eigenvalue weighted by molar-refractivity contribution is 7.89. The summed E-state index contributed by atoms with van der Waals surface area (Å²) in [6.45, 7) is 3.11. The largest absolute Gasteiger partial charge is 0.490 e. The Morgan fingerprint density at radius 2 is 1.85 bits per heavy atom. The number of sulfonamides is 1. The Bertz CT molecular complexity index is 912. The van der Waals surface area contributed by atoms with Crippen LogP contribution in [0.3, 0.4) is 0 Å². The molecule has 7 nitrogen and oxygen atoms in total. The first kappa shape index (κ1) is 18.2. The molecular formula is C18H20N2O5S. The summed E-state index contributed by atoms with van der Waals surface area (Å²) in [6.07, 6.45) is 0.795. The predicted molar refractivity (Wildman–Crippen MR) is 97.3 cm³/mol. The summed E-state index contributed by atoms with van der Waals surface area (Å²) in [5.41, 5.74) is 0.787. The predicted octanol–water partition coefficient (Wildman–Crippen LogP) is 2.40. The lowest BCUT2D eigenvalue weighted by molar-refractivity contribution is 0.102. The van der Waals surface area contributed by atoms with Crippen molar-refractivity contribution in [1.82, 2.24) is 4.72 Å². The van der Waals surface area contributed by atoms with Crippen molar-refractivity contribution < 1.29 is 22.7 Å². The smallest absolute Gasteiger partial charge is 0.255 e. The van der Waals surface area contributed by atoms with E-state index in [9.17, 15) is 13.2 Å². The van der Waals surface area contributed by atoms with Crippen LogP contribution in [0.15, 0.2) is 47.4 Å². The average molecular weight is 376 g/mol. The molecule has 0 spiro atoms. The normalized spacial score (nSPS) is 13.7. The molecule has 0 atom stereocenters. The molecule has 8 heteroatoms. The first-order valence-electron chi connectivity index (χ1n) is 8.30. The molecule has 2 aromatic carbocycles. The van der Waals surface area contributed by atoms with E-state index in [2.05, 4.69) is 10.0 Å². The van der Waals surface area contributed by atoms with Gasteiger partial charge >= 0.3 is 0 Å². The number of amides is 1. The molecule has 138 valence electrons. The molecule has 2 N–H and O–H groups in total. The zero-order valence-corrected chi connectivity index (χ0v) is 15.1. The van der Waals surface area contributed by atoms with Crippen molar-refractivity contribution in [3.63, 3.8) is 0 Å². The second kappa shape index (κ2) is 7.76. The number of carbonyl (C=O) groups is 1. The molecule has 0 bridgehead atoms. The van der Waals surface area contributed by atoms with Crippen LogP contribution in [-0.4, -0.2) is 34.1 Å². The van der Waals surface area contributed by atoms with Crippen LogP contribution in [0.1, 0.15) is 23.7 Å². The number of ether oxygens (including phenoxy) is 2. The topological polar surface area (TPSA) is 93.7 Å². The van der Waals surface area contributed by atoms with Gasteiger partial charge in [-0.1, -0.05) is 13.0 Å². The van der Waals surface area contributed by atoms with Gasteiger partial charge in [-0.3, -0.25) is 4.79 Å². The van der Waals surface area contributed by atoms with Crippen molar-refractivity contribution >= 4 is 21.6 Å². The van der Waals surface area contributed by atoms with Crippen molar-refractivity contribution in [1.29, 1.82) is 0 Å². The SMILES string of the molecule is CCNS(=O)(=O)c1cccc(C(=O)Nc2ccc3c(c2)OCCCO3)c1. The molecule has 2 aromatic rings. The van der Waals surface area contributed by atoms with E-state index in [-0.39, 0.29) is 17.0 Å². The molecule has 3 rings (SSSR count). The number of anilines is 1. The van der Waals surface area contributed by atoms with Gasteiger partial charge in [0.1, 0.15) is 0 Å². The maximum absolute atomic E-state index is 12.5. The molecule has 0 unspecified atom stereocenters. The van der Waals surface area contributed by atoms with Gasteiger partial charge in [-0.25, -0.2) is 13.1 Å². The van der Waals surface area contributed by atoms with E-state index in [1.54, 1.807) is 31.2 Å². The number of rotatable bonds is 5. The van der Waals surface area contributed by atoms with Crippen LogP contribution in [0, 0.1) is 0 Å². The lowest BCUT2D eigenvalue weighted by Crippen LogP contribution is -2.23. The number of hydrogen-bond donors (Lipinski definition) is 2. The average Bonchev–Trinajstić information content (AvgIpc) is 2.87. The third-order valence-corrected chi connectivity index (χ3v) is 5.29.